The van der Waals surface area contributed by atoms with E-state index >= 15 is 0 Å². The number of epoxide rings is 1. The van der Waals surface area contributed by atoms with Crippen molar-refractivity contribution in [1.29, 1.82) is 0 Å². The maximum absolute atomic E-state index is 12.7. The van der Waals surface area contributed by atoms with Gasteiger partial charge in [0.2, 0.25) is 5.89 Å². The molecular weight excluding hydrogens is 1760 g/mol. The monoisotopic (exact) mass is 1840 g/mol. The summed E-state index contributed by atoms with van der Waals surface area (Å²) in [7, 11) is 7.80. The summed E-state index contributed by atoms with van der Waals surface area (Å²) in [4.78, 5) is 104. The number of aromatic nitrogens is 28. The zero-order chi connectivity index (χ0) is 92.1. The molecule has 2 fully saturated rings. The van der Waals surface area contributed by atoms with Crippen molar-refractivity contribution in [2.24, 2.45) is 0 Å². The zero-order valence-electron chi connectivity index (χ0n) is 71.8. The number of halogens is 2. The van der Waals surface area contributed by atoms with Crippen LogP contribution >= 0.6 is 23.2 Å². The molecule has 19 heterocycles. The van der Waals surface area contributed by atoms with Crippen LogP contribution in [0.15, 0.2) is 242 Å². The molecule has 2 atom stereocenters. The molecule has 17 aromatic heterocycles. The van der Waals surface area contributed by atoms with Crippen molar-refractivity contribution in [3.05, 3.63) is 287 Å². The molecule has 11 N–H and O–H groups in total. The minimum absolute atomic E-state index is 0.0921. The third-order valence-electron chi connectivity index (χ3n) is 22.8. The van der Waals surface area contributed by atoms with Crippen LogP contribution in [0.5, 0.6) is 28.7 Å². The molecule has 134 heavy (non-hydrogen) atoms. The van der Waals surface area contributed by atoms with E-state index in [1.54, 1.807) is 118 Å². The van der Waals surface area contributed by atoms with Crippen molar-refractivity contribution in [3.63, 3.8) is 0 Å². The van der Waals surface area contributed by atoms with Crippen LogP contribution in [0.2, 0.25) is 10.0 Å². The Hall–Kier alpha value is -17.1. The number of para-hydroxylation sites is 2. The Morgan fingerprint density at radius 2 is 0.978 bits per heavy atom. The van der Waals surface area contributed by atoms with Crippen molar-refractivity contribution in [1.82, 2.24) is 154 Å². The van der Waals surface area contributed by atoms with E-state index in [-0.39, 0.29) is 46.8 Å². The van der Waals surface area contributed by atoms with Gasteiger partial charge in [0.05, 0.1) is 57.7 Å². The molecule has 1 aliphatic carbocycles. The van der Waals surface area contributed by atoms with E-state index in [0.717, 1.165) is 93.4 Å². The minimum Gasteiger partial charge on any atom is -0.493 e. The van der Waals surface area contributed by atoms with E-state index in [4.69, 9.17) is 51.4 Å². The molecule has 2 unspecified atom stereocenters. The Labute approximate surface area is 762 Å². The number of piperidine rings is 1. The van der Waals surface area contributed by atoms with Crippen LogP contribution in [0.25, 0.3) is 139 Å². The first kappa shape index (κ1) is 85.0. The normalized spacial score (nSPS) is 14.3. The summed E-state index contributed by atoms with van der Waals surface area (Å²) in [6.45, 7) is 12.4. The number of likely N-dealkylation sites (tertiary alicyclic amines) is 1. The molecule has 0 spiro atoms. The molecule has 674 valence electrons. The average molecular weight is 1840 g/mol. The maximum atomic E-state index is 12.7. The van der Waals surface area contributed by atoms with Gasteiger partial charge in [0.1, 0.15) is 75.5 Å². The number of allylic oxidation sites excluding steroid dienone is 2. The van der Waals surface area contributed by atoms with Gasteiger partial charge in [-0.3, -0.25) is 52.7 Å². The highest BCUT2D eigenvalue weighted by Gasteiger charge is 2.48. The van der Waals surface area contributed by atoms with Crippen molar-refractivity contribution in [2.45, 2.75) is 50.9 Å². The number of nitrogens with one attached hydrogen (secondary N) is 11. The summed E-state index contributed by atoms with van der Waals surface area (Å²) in [5, 5.41) is 52.4. The van der Waals surface area contributed by atoms with E-state index in [1.807, 2.05) is 116 Å². The quantitative estimate of drug-likeness (QED) is 0.0316. The second-order valence-corrected chi connectivity index (χ2v) is 32.4. The second kappa shape index (κ2) is 35.7. The topological polar surface area (TPSA) is 517 Å². The number of hydrogen-bond acceptors (Lipinski definition) is 27. The first-order valence-electron chi connectivity index (χ1n) is 42.0. The number of fused-ring (bicyclic) bond motifs is 16. The van der Waals surface area contributed by atoms with Crippen LogP contribution < -0.4 is 52.7 Å². The molecular formula is C90H79Cl2N31O11. The Kier molecular flexibility index (Phi) is 22.7. The van der Waals surface area contributed by atoms with Gasteiger partial charge in [-0.25, -0.2) is 24.0 Å². The predicted octanol–water partition coefficient (Wildman–Crippen LogP) is 11.4. The first-order chi connectivity index (χ1) is 65.2. The van der Waals surface area contributed by atoms with Crippen LogP contribution in [0.1, 0.15) is 31.0 Å². The highest BCUT2D eigenvalue weighted by Crippen LogP contribution is 2.43. The number of H-pyrrole nitrogens is 10. The number of aryl methyl sites for hydroxylation is 1. The summed E-state index contributed by atoms with van der Waals surface area (Å²) in [5.74, 6) is 4.16. The number of ether oxygens (including phenoxy) is 5. The predicted molar refractivity (Wildman–Crippen MR) is 501 cm³/mol. The Bertz CT molecular complexity index is 8470. The van der Waals surface area contributed by atoms with E-state index in [0.29, 0.717) is 166 Å². The largest absolute Gasteiger partial charge is 0.493 e. The number of benzene rings is 4. The lowest BCUT2D eigenvalue weighted by molar-refractivity contribution is 0.114. The van der Waals surface area contributed by atoms with Gasteiger partial charge in [-0.2, -0.15) is 4.98 Å². The van der Waals surface area contributed by atoms with Crippen molar-refractivity contribution < 1.29 is 28.2 Å². The fraction of sp³-hybridized carbons (Fsp3) is 0.178. The fourth-order valence-corrected chi connectivity index (χ4v) is 16.5. The molecule has 42 nitrogen and oxygen atoms in total. The van der Waals surface area contributed by atoms with Crippen LogP contribution in [-0.2, 0) is 11.2 Å². The van der Waals surface area contributed by atoms with E-state index in [1.165, 1.54) is 4.57 Å². The molecule has 0 bridgehead atoms. The summed E-state index contributed by atoms with van der Waals surface area (Å²) in [5.41, 5.74) is 13.2. The Morgan fingerprint density at radius 1 is 0.515 bits per heavy atom. The molecule has 0 radical (unpaired) electrons. The number of aromatic amines is 10. The summed E-state index contributed by atoms with van der Waals surface area (Å²) in [6, 6.07) is 38.2. The number of pyridine rings is 1. The molecule has 44 heteroatoms. The molecule has 4 aromatic carbocycles. The van der Waals surface area contributed by atoms with Crippen LogP contribution in [-0.4, -0.2) is 221 Å². The number of likely N-dealkylation sites (N-methyl/N-ethyl adjacent to an activating group) is 1. The molecule has 24 rings (SSSR count). The molecule has 0 amide bonds. The Morgan fingerprint density at radius 3 is 1.46 bits per heavy atom. The fourth-order valence-electron chi connectivity index (χ4n) is 16.0. The van der Waals surface area contributed by atoms with Crippen molar-refractivity contribution in [2.75, 3.05) is 54.5 Å². The van der Waals surface area contributed by atoms with Gasteiger partial charge >= 0.3 is 28.4 Å². The second-order valence-electron chi connectivity index (χ2n) is 31.5. The molecule has 2 saturated heterocycles. The van der Waals surface area contributed by atoms with E-state index in [2.05, 4.69) is 146 Å². The highest BCUT2D eigenvalue weighted by molar-refractivity contribution is 6.32. The lowest BCUT2D eigenvalue weighted by Gasteiger charge is -2.29. The maximum Gasteiger partial charge on any atom is 0.332 e. The molecule has 2 aliphatic heterocycles. The molecule has 3 aliphatic rings. The van der Waals surface area contributed by atoms with E-state index in [9.17, 15) is 24.0 Å². The number of imidazole rings is 5. The van der Waals surface area contributed by atoms with Crippen LogP contribution in [0.3, 0.4) is 0 Å². The van der Waals surface area contributed by atoms with Gasteiger partial charge in [-0.1, -0.05) is 59.7 Å². The lowest BCUT2D eigenvalue weighted by atomic mass is 9.99. The summed E-state index contributed by atoms with van der Waals surface area (Å²) in [6.07, 6.45) is 19.1. The number of hydrogen-bond donors (Lipinski definition) is 11. The summed E-state index contributed by atoms with van der Waals surface area (Å²) >= 11 is 12.8. The first-order valence-corrected chi connectivity index (χ1v) is 42.8. The molecule has 0 saturated carbocycles. The van der Waals surface area contributed by atoms with Gasteiger partial charge < -0.3 is 68.2 Å². The standard InChI is InChI=1S/C19H19ClN6O2.C19H20N6O2.C18H12N6O2.C17H15ClN6O2.C17H13N7O3/c1-25-8-5-12(6-9-25)28-15-3-2-11(10-14(15)20)26-16-13-4-7-21-17(13)23-24-18(16)22-19(26)27;1-12(24(2)3)9-11-27-14-6-4-13(5-7-14)25-16-15-8-10-20-17(15)22-23-18(16)21-19(25)26;25-18-21-17-15(12-7-9-20-16(12)22-23-17)24(18)13-5-1-2-6-14(13)26-11-4-3-8-19-10-11;1-9(19-2)8-26-13-4-3-10(7-12(13)18)24-14-11-5-6-20-15(11)22-23-16(14)21-17(24)25;1-7-19-11(27-23-7)6-8-2-3-10(14-13(8)26-14)24-12-9-4-5-18-15(9)21-22-16(12)20-17(24)25/h2-4,7,10,12H,5-6,8-9H2,1H3,(H,21,23)(H,22,24,27);4-8,10H,1,9,11H2,2-3H3,(H,20,22)(H,21,23,26);1-10H,(H,20,22)(H,21,23,25);3-7,19H,1,8H2,2H3,(H,20,22)(H,21,23,25);2-5,13-14H,6H2,1H3,(H,18,21)(H,20,22,25). The van der Waals surface area contributed by atoms with E-state index < -0.39 is 0 Å². The minimum atomic E-state index is -0.323. The average Bonchev–Trinajstić information content (AvgIpc) is 1.57. The Balaban J connectivity index is 0.000000104. The van der Waals surface area contributed by atoms with Crippen molar-refractivity contribution in [3.8, 4) is 51.5 Å². The number of rotatable bonds is 20. The van der Waals surface area contributed by atoms with Crippen LogP contribution in [0.4, 0.5) is 0 Å². The van der Waals surface area contributed by atoms with Gasteiger partial charge in [0.15, 0.2) is 68.0 Å². The lowest BCUT2D eigenvalue weighted by Crippen LogP contribution is -2.35. The van der Waals surface area contributed by atoms with Gasteiger partial charge in [-0.15, -0.1) is 51.0 Å². The third-order valence-corrected chi connectivity index (χ3v) is 23.3. The zero-order valence-corrected chi connectivity index (χ0v) is 73.3. The smallest absolute Gasteiger partial charge is 0.332 e. The highest BCUT2D eigenvalue weighted by atomic mass is 35.5. The molecule has 21 aromatic rings. The SMILES string of the molecule is C=C(CCOc1ccc(-n2c(=O)[nH]c3nnc4[nH]ccc4c32)cc1)N(C)C.C=C(COc1ccc(-n2c(=O)[nH]c3nnc4[nH]ccc4c32)cc1Cl)NC.CN1CCC(Oc2ccc(-n3c(=O)[nH]c4nnc5[nH]ccc5c43)cc2Cl)CC1.Cc1noc(CC2=CC=C(n3c(=O)[nH]c4nnc5[nH]ccc5c43)C3OC23)n1.O=c1[nH]c2nnc3[nH]ccc3c2n1-c1ccccc1Oc1cccnc1. The van der Waals surface area contributed by atoms with Gasteiger partial charge in [0.25, 0.3) is 0 Å². The number of nitrogens with zero attached hydrogens (tertiary/aromatic N) is 20. The third kappa shape index (κ3) is 16.6. The van der Waals surface area contributed by atoms with Crippen molar-refractivity contribution >= 4 is 140 Å². The van der Waals surface area contributed by atoms with Gasteiger partial charge in [0, 0.05) is 116 Å². The summed E-state index contributed by atoms with van der Waals surface area (Å²) < 4.78 is 42.3. The van der Waals surface area contributed by atoms with Gasteiger partial charge in [-0.05, 0) is 154 Å². The van der Waals surface area contributed by atoms with Crippen LogP contribution in [0, 0.1) is 6.92 Å².